The number of amides is 1. The van der Waals surface area contributed by atoms with Gasteiger partial charge in [0, 0.05) is 19.1 Å². The third-order valence-electron chi connectivity index (χ3n) is 3.35. The van der Waals surface area contributed by atoms with Gasteiger partial charge in [-0.05, 0) is 52.4 Å². The van der Waals surface area contributed by atoms with E-state index in [4.69, 9.17) is 15.6 Å². The minimum absolute atomic E-state index is 0.0303. The molecule has 0 aromatic carbocycles. The lowest BCUT2D eigenvalue weighted by Crippen LogP contribution is -2.43. The molecule has 0 aromatic rings. The summed E-state index contributed by atoms with van der Waals surface area (Å²) in [5, 5.41) is 8.92. The molecule has 0 aromatic heterocycles. The highest BCUT2D eigenvalue weighted by Gasteiger charge is 2.27. The van der Waals surface area contributed by atoms with Crippen LogP contribution in [-0.2, 0) is 4.74 Å². The van der Waals surface area contributed by atoms with Crippen molar-refractivity contribution >= 4 is 6.09 Å². The van der Waals surface area contributed by atoms with Crippen molar-refractivity contribution in [3.8, 4) is 0 Å². The second-order valence-electron chi connectivity index (χ2n) is 6.45. The summed E-state index contributed by atoms with van der Waals surface area (Å²) in [6.45, 7) is 7.19. The van der Waals surface area contributed by atoms with Gasteiger partial charge in [-0.25, -0.2) is 4.79 Å². The first kappa shape index (κ1) is 16.2. The van der Waals surface area contributed by atoms with Gasteiger partial charge in [0.2, 0.25) is 0 Å². The molecule has 1 rings (SSSR count). The molecule has 0 spiro atoms. The number of rotatable bonds is 4. The molecule has 112 valence electrons. The molecule has 1 fully saturated rings. The maximum Gasteiger partial charge on any atom is 0.410 e. The average Bonchev–Trinajstić information content (AvgIpc) is 2.34. The molecule has 2 atom stereocenters. The number of nitrogens with two attached hydrogens (primary N) is 1. The van der Waals surface area contributed by atoms with Crippen molar-refractivity contribution in [3.63, 3.8) is 0 Å². The maximum atomic E-state index is 12.0. The lowest BCUT2D eigenvalue weighted by molar-refractivity contribution is 0.0159. The third kappa shape index (κ3) is 6.25. The first-order valence-electron chi connectivity index (χ1n) is 7.16. The van der Waals surface area contributed by atoms with E-state index in [-0.39, 0.29) is 18.7 Å². The summed E-state index contributed by atoms with van der Waals surface area (Å²) < 4.78 is 5.39. The molecular formula is C14H28N2O3. The number of aliphatic hydroxyl groups is 1. The Hall–Kier alpha value is -0.810. The van der Waals surface area contributed by atoms with Crippen LogP contribution < -0.4 is 5.73 Å². The molecule has 2 unspecified atom stereocenters. The molecule has 1 saturated heterocycles. The van der Waals surface area contributed by atoms with Crippen LogP contribution in [0.5, 0.6) is 0 Å². The van der Waals surface area contributed by atoms with Crippen LogP contribution in [0.15, 0.2) is 0 Å². The average molecular weight is 272 g/mol. The number of likely N-dealkylation sites (tertiary alicyclic amines) is 1. The molecule has 0 bridgehead atoms. The molecule has 1 heterocycles. The Bertz CT molecular complexity index is 289. The number of carbonyl (C=O) groups excluding carboxylic acids is 1. The van der Waals surface area contributed by atoms with Gasteiger partial charge in [-0.15, -0.1) is 0 Å². The van der Waals surface area contributed by atoms with E-state index in [2.05, 4.69) is 0 Å². The zero-order valence-corrected chi connectivity index (χ0v) is 12.4. The van der Waals surface area contributed by atoms with E-state index in [1.807, 2.05) is 20.8 Å². The Balaban J connectivity index is 2.39. The summed E-state index contributed by atoms with van der Waals surface area (Å²) in [5.41, 5.74) is 5.27. The number of hydrogen-bond donors (Lipinski definition) is 2. The highest BCUT2D eigenvalue weighted by Crippen LogP contribution is 2.23. The Morgan fingerprint density at radius 1 is 1.53 bits per heavy atom. The van der Waals surface area contributed by atoms with Crippen molar-refractivity contribution < 1.29 is 14.6 Å². The zero-order valence-electron chi connectivity index (χ0n) is 12.4. The minimum atomic E-state index is -0.441. The SMILES string of the molecule is CC(C)(C)OC(=O)N1CCCC(CCC(N)CO)C1. The largest absolute Gasteiger partial charge is 0.444 e. The Labute approximate surface area is 116 Å². The molecule has 0 saturated carbocycles. The van der Waals surface area contributed by atoms with Crippen LogP contribution >= 0.6 is 0 Å². The summed E-state index contributed by atoms with van der Waals surface area (Å²) in [4.78, 5) is 13.8. The monoisotopic (exact) mass is 272 g/mol. The topological polar surface area (TPSA) is 75.8 Å². The van der Waals surface area contributed by atoms with Crippen molar-refractivity contribution in [3.05, 3.63) is 0 Å². The molecular weight excluding hydrogens is 244 g/mol. The molecule has 19 heavy (non-hydrogen) atoms. The van der Waals surface area contributed by atoms with Crippen LogP contribution in [-0.4, -0.2) is 47.4 Å². The van der Waals surface area contributed by atoms with Crippen LogP contribution in [0.3, 0.4) is 0 Å². The standard InChI is InChI=1S/C14H28N2O3/c1-14(2,3)19-13(18)16-8-4-5-11(9-16)6-7-12(15)10-17/h11-12,17H,4-10,15H2,1-3H3. The van der Waals surface area contributed by atoms with Crippen molar-refractivity contribution in [1.82, 2.24) is 4.90 Å². The fourth-order valence-electron chi connectivity index (χ4n) is 2.33. The van der Waals surface area contributed by atoms with Crippen LogP contribution in [0.4, 0.5) is 4.79 Å². The van der Waals surface area contributed by atoms with Gasteiger partial charge >= 0.3 is 6.09 Å². The molecule has 5 nitrogen and oxygen atoms in total. The molecule has 0 aliphatic carbocycles. The molecule has 0 radical (unpaired) electrons. The molecule has 1 amide bonds. The van der Waals surface area contributed by atoms with Gasteiger partial charge in [0.25, 0.3) is 0 Å². The van der Waals surface area contributed by atoms with E-state index < -0.39 is 5.60 Å². The van der Waals surface area contributed by atoms with Crippen molar-refractivity contribution in [2.45, 2.75) is 58.1 Å². The highest BCUT2D eigenvalue weighted by molar-refractivity contribution is 5.68. The number of piperidine rings is 1. The van der Waals surface area contributed by atoms with Gasteiger partial charge < -0.3 is 20.5 Å². The van der Waals surface area contributed by atoms with E-state index >= 15 is 0 Å². The number of carbonyl (C=O) groups is 1. The van der Waals surface area contributed by atoms with Gasteiger partial charge in [-0.1, -0.05) is 0 Å². The smallest absolute Gasteiger partial charge is 0.410 e. The third-order valence-corrected chi connectivity index (χ3v) is 3.35. The van der Waals surface area contributed by atoms with Crippen LogP contribution in [0.1, 0.15) is 46.5 Å². The predicted molar refractivity (Wildman–Crippen MR) is 74.8 cm³/mol. The van der Waals surface area contributed by atoms with Crippen molar-refractivity contribution in [2.75, 3.05) is 19.7 Å². The zero-order chi connectivity index (χ0) is 14.5. The quantitative estimate of drug-likeness (QED) is 0.817. The Kier molecular flexibility index (Phi) is 6.07. The number of ether oxygens (including phenoxy) is 1. The summed E-state index contributed by atoms with van der Waals surface area (Å²) in [6, 6.07) is -0.142. The Morgan fingerprint density at radius 2 is 2.21 bits per heavy atom. The molecule has 1 aliphatic rings. The second-order valence-corrected chi connectivity index (χ2v) is 6.45. The maximum absolute atomic E-state index is 12.0. The lowest BCUT2D eigenvalue weighted by Gasteiger charge is -2.34. The van der Waals surface area contributed by atoms with E-state index in [0.717, 1.165) is 38.8 Å². The van der Waals surface area contributed by atoms with Gasteiger partial charge in [0.05, 0.1) is 6.61 Å². The number of hydrogen-bond acceptors (Lipinski definition) is 4. The van der Waals surface area contributed by atoms with E-state index in [1.54, 1.807) is 4.90 Å². The molecule has 5 heteroatoms. The highest BCUT2D eigenvalue weighted by atomic mass is 16.6. The molecule has 3 N–H and O–H groups in total. The summed E-state index contributed by atoms with van der Waals surface area (Å²) >= 11 is 0. The number of nitrogens with zero attached hydrogens (tertiary/aromatic N) is 1. The fraction of sp³-hybridized carbons (Fsp3) is 0.929. The minimum Gasteiger partial charge on any atom is -0.444 e. The predicted octanol–water partition coefficient (Wildman–Crippen LogP) is 1.73. The first-order chi connectivity index (χ1) is 8.81. The van der Waals surface area contributed by atoms with E-state index in [9.17, 15) is 4.79 Å². The van der Waals surface area contributed by atoms with Crippen LogP contribution in [0.2, 0.25) is 0 Å². The normalized spacial score (nSPS) is 22.2. The summed E-state index contributed by atoms with van der Waals surface area (Å²) in [6.07, 6.45) is 3.68. The van der Waals surface area contributed by atoms with Crippen molar-refractivity contribution in [2.24, 2.45) is 11.7 Å². The van der Waals surface area contributed by atoms with Gasteiger partial charge in [0.1, 0.15) is 5.60 Å². The van der Waals surface area contributed by atoms with Gasteiger partial charge in [-0.2, -0.15) is 0 Å². The summed E-state index contributed by atoms with van der Waals surface area (Å²) in [5.74, 6) is 0.471. The van der Waals surface area contributed by atoms with Gasteiger partial charge in [0.15, 0.2) is 0 Å². The van der Waals surface area contributed by atoms with E-state index in [0.29, 0.717) is 5.92 Å². The Morgan fingerprint density at radius 3 is 2.79 bits per heavy atom. The van der Waals surface area contributed by atoms with E-state index in [1.165, 1.54) is 0 Å². The van der Waals surface area contributed by atoms with Gasteiger partial charge in [-0.3, -0.25) is 0 Å². The molecule has 1 aliphatic heterocycles. The lowest BCUT2D eigenvalue weighted by atomic mass is 9.92. The van der Waals surface area contributed by atoms with Crippen molar-refractivity contribution in [1.29, 1.82) is 0 Å². The number of aliphatic hydroxyl groups excluding tert-OH is 1. The fourth-order valence-corrected chi connectivity index (χ4v) is 2.33. The van der Waals surface area contributed by atoms with Crippen LogP contribution in [0.25, 0.3) is 0 Å². The summed E-state index contributed by atoms with van der Waals surface area (Å²) in [7, 11) is 0. The second kappa shape index (κ2) is 7.10. The van der Waals surface area contributed by atoms with Crippen LogP contribution in [0, 0.1) is 5.92 Å². The first-order valence-corrected chi connectivity index (χ1v) is 7.16.